The molecule has 0 aromatic carbocycles. The van der Waals surface area contributed by atoms with Crippen molar-refractivity contribution in [3.63, 3.8) is 0 Å². The molecule has 1 nitrogen and oxygen atoms in total. The van der Waals surface area contributed by atoms with E-state index >= 15 is 4.79 Å². The zero-order chi connectivity index (χ0) is 28.7. The van der Waals surface area contributed by atoms with Crippen LogP contribution >= 0.6 is 0 Å². The van der Waals surface area contributed by atoms with Gasteiger partial charge in [0.15, 0.2) is 15.2 Å². The Kier molecular flexibility index (Phi) is 8.08. The number of rotatable bonds is 6. The standard InChI is InChI=1S/C31H62OSi4/c1-19-23-24(20-2)36(34(18,30(11,12)13)31(14,15)16)26(22-4)25(21-3)35(23,27(36)32)33(17,28(5,6)7)29(8,9)10/h19-22H2,1-18H3. The van der Waals surface area contributed by atoms with Crippen LogP contribution in [0.3, 0.4) is 0 Å². The van der Waals surface area contributed by atoms with Crippen LogP contribution in [-0.4, -0.2) is 35.4 Å². The molecule has 0 unspecified atom stereocenters. The highest BCUT2D eigenvalue weighted by molar-refractivity contribution is 7.80. The van der Waals surface area contributed by atoms with E-state index in [-0.39, 0.29) is 20.2 Å². The van der Waals surface area contributed by atoms with Crippen molar-refractivity contribution in [3.8, 4) is 0 Å². The van der Waals surface area contributed by atoms with E-state index in [1.165, 1.54) is 0 Å². The topological polar surface area (TPSA) is 17.1 Å². The van der Waals surface area contributed by atoms with Crippen LogP contribution in [0.5, 0.6) is 0 Å². The predicted octanol–water partition coefficient (Wildman–Crippen LogP) is 11.1. The summed E-state index contributed by atoms with van der Waals surface area (Å²) >= 11 is 0. The highest BCUT2D eigenvalue weighted by atomic mass is 29.3. The molecule has 36 heavy (non-hydrogen) atoms. The molecule has 0 amide bonds. The molecule has 0 aliphatic carbocycles. The Morgan fingerprint density at radius 1 is 0.472 bits per heavy atom. The van der Waals surface area contributed by atoms with Crippen molar-refractivity contribution >= 4 is 35.4 Å². The first kappa shape index (κ1) is 32.2. The van der Waals surface area contributed by atoms with Gasteiger partial charge in [-0.3, -0.25) is 0 Å². The maximum Gasteiger partial charge on any atom is 0.170 e. The van der Waals surface area contributed by atoms with E-state index in [2.05, 4.69) is 124 Å². The quantitative estimate of drug-likeness (QED) is 0.294. The monoisotopic (exact) mass is 562 g/mol. The Hall–Kier alpha value is 0.0175. The summed E-state index contributed by atoms with van der Waals surface area (Å²) in [6.07, 6.45) is 4.40. The van der Waals surface area contributed by atoms with Crippen molar-refractivity contribution < 1.29 is 4.79 Å². The normalized spacial score (nSPS) is 26.6. The first-order chi connectivity index (χ1) is 15.9. The summed E-state index contributed by atoms with van der Waals surface area (Å²) in [5, 5.41) is 8.66. The van der Waals surface area contributed by atoms with Crippen molar-refractivity contribution in [3.05, 3.63) is 20.8 Å². The second-order valence-corrected chi connectivity index (χ2v) is 44.2. The molecule has 2 bridgehead atoms. The highest BCUT2D eigenvalue weighted by Gasteiger charge is 2.84. The molecule has 5 heteroatoms. The zero-order valence-corrected chi connectivity index (χ0v) is 31.7. The van der Waals surface area contributed by atoms with Crippen molar-refractivity contribution in [2.45, 2.75) is 170 Å². The van der Waals surface area contributed by atoms with Crippen molar-refractivity contribution in [2.75, 3.05) is 0 Å². The fourth-order valence-corrected chi connectivity index (χ4v) is 73.2. The number of allylic oxidation sites excluding steroid dienone is 4. The van der Waals surface area contributed by atoms with E-state index in [9.17, 15) is 0 Å². The van der Waals surface area contributed by atoms with Gasteiger partial charge in [-0.2, -0.15) is 0 Å². The van der Waals surface area contributed by atoms with Gasteiger partial charge in [-0.15, -0.1) is 0 Å². The van der Waals surface area contributed by atoms with Gasteiger partial charge in [-0.05, 0) is 45.8 Å². The molecule has 0 spiro atoms. The number of fused-ring (bicyclic) bond motifs is 2. The Bertz CT molecular complexity index is 836. The smallest absolute Gasteiger partial charge is 0.170 e. The molecule has 0 saturated carbocycles. The van der Waals surface area contributed by atoms with Crippen molar-refractivity contribution in [2.24, 2.45) is 0 Å². The molecule has 2 heterocycles. The highest BCUT2D eigenvalue weighted by Crippen LogP contribution is 2.72. The van der Waals surface area contributed by atoms with Gasteiger partial charge in [0.05, 0.1) is 15.2 Å². The molecule has 0 fully saturated rings. The maximum atomic E-state index is 16.3. The molecular weight excluding hydrogens is 501 g/mol. The Balaban J connectivity index is 3.45. The van der Waals surface area contributed by atoms with Gasteiger partial charge < -0.3 is 4.79 Å². The average molecular weight is 563 g/mol. The lowest BCUT2D eigenvalue weighted by Gasteiger charge is -2.59. The zero-order valence-electron chi connectivity index (χ0n) is 27.7. The molecule has 0 atom stereocenters. The van der Waals surface area contributed by atoms with Gasteiger partial charge in [-0.25, -0.2) is 0 Å². The Morgan fingerprint density at radius 2 is 0.639 bits per heavy atom. The van der Waals surface area contributed by atoms with Crippen LogP contribution in [0.25, 0.3) is 0 Å². The van der Waals surface area contributed by atoms with E-state index in [1.54, 1.807) is 20.8 Å². The lowest BCUT2D eigenvalue weighted by Crippen LogP contribution is -2.78. The minimum atomic E-state index is -2.57. The second kappa shape index (κ2) is 9.02. The van der Waals surface area contributed by atoms with Gasteiger partial charge in [0.2, 0.25) is 0 Å². The van der Waals surface area contributed by atoms with E-state index in [1.807, 2.05) is 0 Å². The molecule has 0 radical (unpaired) electrons. The first-order valence-corrected chi connectivity index (χ1v) is 25.9. The molecule has 2 rings (SSSR count). The fourth-order valence-electron chi connectivity index (χ4n) is 10.2. The number of carbonyl (C=O) groups excluding carboxylic acids is 1. The van der Waals surface area contributed by atoms with Crippen molar-refractivity contribution in [1.82, 2.24) is 0 Å². The molecule has 0 saturated heterocycles. The van der Waals surface area contributed by atoms with Crippen LogP contribution in [-0.2, 0) is 0 Å². The molecule has 208 valence electrons. The third-order valence-corrected chi connectivity index (χ3v) is 62.0. The van der Waals surface area contributed by atoms with Gasteiger partial charge in [0.25, 0.3) is 0 Å². The summed E-state index contributed by atoms with van der Waals surface area (Å²) < 4.78 is 0. The first-order valence-electron chi connectivity index (χ1n) is 14.9. The summed E-state index contributed by atoms with van der Waals surface area (Å²) in [5.74, 6) is 0. The van der Waals surface area contributed by atoms with Crippen LogP contribution in [0.2, 0.25) is 33.2 Å². The minimum Gasteiger partial charge on any atom is -0.310 e. The molecule has 2 aliphatic rings. The Morgan fingerprint density at radius 3 is 0.750 bits per heavy atom. The van der Waals surface area contributed by atoms with Gasteiger partial charge in [0.1, 0.15) is 5.03 Å². The third-order valence-electron chi connectivity index (χ3n) is 12.1. The SMILES string of the molecule is CCC1=C(CC)[Si]2([Si](C)(C(C)(C)C)C(C)(C)C)C(=O)[Si]1([Si](C)(C(C)(C)C)C(C)(C)C)C(CC)=C2CC. The van der Waals surface area contributed by atoms with Crippen LogP contribution in [0.1, 0.15) is 136 Å². The second-order valence-electron chi connectivity index (χ2n) is 16.4. The van der Waals surface area contributed by atoms with E-state index in [4.69, 9.17) is 0 Å². The van der Waals surface area contributed by atoms with Crippen LogP contribution in [0.4, 0.5) is 4.79 Å². The molecule has 2 aliphatic heterocycles. The van der Waals surface area contributed by atoms with E-state index < -0.39 is 30.4 Å². The summed E-state index contributed by atoms with van der Waals surface area (Å²) in [5.41, 5.74) is 0. The van der Waals surface area contributed by atoms with Crippen LogP contribution in [0, 0.1) is 0 Å². The summed E-state index contributed by atoms with van der Waals surface area (Å²) in [6.45, 7) is 45.3. The summed E-state index contributed by atoms with van der Waals surface area (Å²) in [4.78, 5) is 16.3. The average Bonchev–Trinajstić information content (AvgIpc) is 3.06. The van der Waals surface area contributed by atoms with Crippen LogP contribution < -0.4 is 0 Å². The molecule has 0 aromatic rings. The number of carbonyl (C=O) groups is 1. The number of hydrogen-bond acceptors (Lipinski definition) is 1. The molecular formula is C31H62OSi4. The Labute approximate surface area is 230 Å². The van der Waals surface area contributed by atoms with Crippen molar-refractivity contribution in [1.29, 1.82) is 0 Å². The van der Waals surface area contributed by atoms with E-state index in [0.717, 1.165) is 30.7 Å². The third kappa shape index (κ3) is 3.30. The predicted molar refractivity (Wildman–Crippen MR) is 174 cm³/mol. The largest absolute Gasteiger partial charge is 0.310 e. The lowest BCUT2D eigenvalue weighted by molar-refractivity contribution is 0.273. The van der Waals surface area contributed by atoms with Gasteiger partial charge >= 0.3 is 0 Å². The summed E-state index contributed by atoms with van der Waals surface area (Å²) in [6, 6.07) is 0. The van der Waals surface area contributed by atoms with Crippen LogP contribution in [0.15, 0.2) is 20.8 Å². The summed E-state index contributed by atoms with van der Waals surface area (Å²) in [7, 11) is -9.52. The minimum absolute atomic E-state index is 0.169. The van der Waals surface area contributed by atoms with Gasteiger partial charge in [-0.1, -0.05) is 145 Å². The van der Waals surface area contributed by atoms with Gasteiger partial charge in [0, 0.05) is 0 Å². The molecule has 0 N–H and O–H groups in total. The lowest BCUT2D eigenvalue weighted by atomic mass is 10.2. The maximum absolute atomic E-state index is 16.3. The number of hydrogen-bond donors (Lipinski definition) is 0. The van der Waals surface area contributed by atoms with E-state index in [0.29, 0.717) is 0 Å². The fraction of sp³-hybridized carbons (Fsp3) is 0.839. The molecule has 0 aromatic heterocycles.